The van der Waals surface area contributed by atoms with Crippen LogP contribution in [0.2, 0.25) is 5.02 Å². The van der Waals surface area contributed by atoms with Gasteiger partial charge in [-0.3, -0.25) is 9.59 Å². The number of carbonyl (C=O) groups is 2. The third-order valence-electron chi connectivity index (χ3n) is 3.73. The van der Waals surface area contributed by atoms with Crippen LogP contribution in [0.3, 0.4) is 0 Å². The van der Waals surface area contributed by atoms with Crippen molar-refractivity contribution in [2.75, 3.05) is 6.61 Å². The SMILES string of the molecule is CCOC(=O)Cn1c(=NC(=O)c2ccc(C)cc2)sc2cc(Cl)ccc21. The number of nitrogens with zero attached hydrogens (tertiary/aromatic N) is 2. The van der Waals surface area contributed by atoms with Gasteiger partial charge in [0.1, 0.15) is 6.54 Å². The molecule has 1 aromatic heterocycles. The van der Waals surface area contributed by atoms with Gasteiger partial charge in [-0.25, -0.2) is 0 Å². The van der Waals surface area contributed by atoms with Crippen LogP contribution in [0.5, 0.6) is 0 Å². The van der Waals surface area contributed by atoms with Crippen LogP contribution >= 0.6 is 22.9 Å². The Bertz CT molecular complexity index is 1040. The first kappa shape index (κ1) is 18.4. The first-order valence-electron chi connectivity index (χ1n) is 8.08. The molecule has 0 N–H and O–H groups in total. The van der Waals surface area contributed by atoms with E-state index in [-0.39, 0.29) is 18.4 Å². The lowest BCUT2D eigenvalue weighted by Gasteiger charge is -2.05. The molecule has 1 amide bonds. The lowest BCUT2D eigenvalue weighted by molar-refractivity contribution is -0.143. The van der Waals surface area contributed by atoms with Crippen LogP contribution < -0.4 is 4.80 Å². The van der Waals surface area contributed by atoms with Crippen molar-refractivity contribution in [3.05, 3.63) is 63.4 Å². The number of rotatable bonds is 4. The molecule has 134 valence electrons. The fourth-order valence-corrected chi connectivity index (χ4v) is 3.77. The summed E-state index contributed by atoms with van der Waals surface area (Å²) in [4.78, 5) is 29.2. The van der Waals surface area contributed by atoms with Gasteiger partial charge in [0.15, 0.2) is 4.80 Å². The number of aromatic nitrogens is 1. The van der Waals surface area contributed by atoms with Gasteiger partial charge in [-0.05, 0) is 44.2 Å². The molecule has 0 unspecified atom stereocenters. The molecular weight excluding hydrogens is 372 g/mol. The minimum Gasteiger partial charge on any atom is -0.465 e. The number of fused-ring (bicyclic) bond motifs is 1. The summed E-state index contributed by atoms with van der Waals surface area (Å²) in [6, 6.07) is 12.5. The van der Waals surface area contributed by atoms with E-state index in [0.717, 1.165) is 15.8 Å². The number of carbonyl (C=O) groups excluding carboxylic acids is 2. The molecule has 0 saturated heterocycles. The fraction of sp³-hybridized carbons (Fsp3) is 0.211. The molecule has 0 saturated carbocycles. The maximum Gasteiger partial charge on any atom is 0.326 e. The monoisotopic (exact) mass is 388 g/mol. The van der Waals surface area contributed by atoms with E-state index >= 15 is 0 Å². The summed E-state index contributed by atoms with van der Waals surface area (Å²) in [6.45, 7) is 3.98. The number of benzene rings is 2. The number of aryl methyl sites for hydroxylation is 1. The normalized spacial score (nSPS) is 11.7. The zero-order valence-corrected chi connectivity index (χ0v) is 15.9. The summed E-state index contributed by atoms with van der Waals surface area (Å²) in [5.74, 6) is -0.744. The van der Waals surface area contributed by atoms with Crippen LogP contribution in [-0.2, 0) is 16.1 Å². The van der Waals surface area contributed by atoms with Gasteiger partial charge in [0, 0.05) is 10.6 Å². The second-order valence-electron chi connectivity index (χ2n) is 5.67. The summed E-state index contributed by atoms with van der Waals surface area (Å²) in [6.07, 6.45) is 0. The van der Waals surface area contributed by atoms with Crippen molar-refractivity contribution in [1.82, 2.24) is 4.57 Å². The molecule has 0 aliphatic heterocycles. The lowest BCUT2D eigenvalue weighted by Crippen LogP contribution is -2.23. The molecule has 5 nitrogen and oxygen atoms in total. The highest BCUT2D eigenvalue weighted by atomic mass is 35.5. The van der Waals surface area contributed by atoms with E-state index in [2.05, 4.69) is 4.99 Å². The van der Waals surface area contributed by atoms with Gasteiger partial charge >= 0.3 is 5.97 Å². The second-order valence-corrected chi connectivity index (χ2v) is 7.12. The largest absolute Gasteiger partial charge is 0.465 e. The lowest BCUT2D eigenvalue weighted by atomic mass is 10.1. The Hall–Kier alpha value is -2.44. The number of thiazole rings is 1. The Labute approximate surface area is 159 Å². The van der Waals surface area contributed by atoms with Gasteiger partial charge in [0.25, 0.3) is 5.91 Å². The van der Waals surface area contributed by atoms with Crippen molar-refractivity contribution in [1.29, 1.82) is 0 Å². The van der Waals surface area contributed by atoms with Crippen molar-refractivity contribution in [2.24, 2.45) is 4.99 Å². The Morgan fingerprint density at radius 2 is 1.92 bits per heavy atom. The van der Waals surface area contributed by atoms with Crippen LogP contribution in [0.25, 0.3) is 10.2 Å². The maximum atomic E-state index is 12.5. The second kappa shape index (κ2) is 7.85. The van der Waals surface area contributed by atoms with E-state index in [1.165, 1.54) is 11.3 Å². The molecule has 0 atom stereocenters. The van der Waals surface area contributed by atoms with Gasteiger partial charge in [0.2, 0.25) is 0 Å². The highest BCUT2D eigenvalue weighted by molar-refractivity contribution is 7.16. The number of hydrogen-bond acceptors (Lipinski definition) is 4. The van der Waals surface area contributed by atoms with Gasteiger partial charge in [-0.1, -0.05) is 40.6 Å². The summed E-state index contributed by atoms with van der Waals surface area (Å²) >= 11 is 7.37. The Balaban J connectivity index is 2.09. The summed E-state index contributed by atoms with van der Waals surface area (Å²) < 4.78 is 7.56. The summed E-state index contributed by atoms with van der Waals surface area (Å²) in [5.41, 5.74) is 2.34. The molecule has 26 heavy (non-hydrogen) atoms. The molecule has 0 aliphatic rings. The van der Waals surface area contributed by atoms with E-state index in [1.54, 1.807) is 35.8 Å². The fourth-order valence-electron chi connectivity index (χ4n) is 2.47. The molecule has 3 aromatic rings. The van der Waals surface area contributed by atoms with E-state index < -0.39 is 0 Å². The van der Waals surface area contributed by atoms with Crippen molar-refractivity contribution in [3.8, 4) is 0 Å². The zero-order chi connectivity index (χ0) is 18.7. The minimum atomic E-state index is -0.383. The van der Waals surface area contributed by atoms with E-state index in [9.17, 15) is 9.59 Å². The first-order valence-corrected chi connectivity index (χ1v) is 9.27. The molecule has 0 fully saturated rings. The molecule has 1 heterocycles. The molecule has 0 spiro atoms. The van der Waals surface area contributed by atoms with Crippen LogP contribution in [0.15, 0.2) is 47.5 Å². The molecule has 0 radical (unpaired) electrons. The first-order chi connectivity index (χ1) is 12.5. The van der Waals surface area contributed by atoms with Crippen LogP contribution in [0, 0.1) is 6.92 Å². The molecule has 0 aliphatic carbocycles. The minimum absolute atomic E-state index is 0.0184. The van der Waals surface area contributed by atoms with E-state index in [4.69, 9.17) is 16.3 Å². The van der Waals surface area contributed by atoms with Crippen molar-refractivity contribution >= 4 is 45.0 Å². The van der Waals surface area contributed by atoms with E-state index in [1.807, 2.05) is 25.1 Å². The van der Waals surface area contributed by atoms with Crippen molar-refractivity contribution < 1.29 is 14.3 Å². The summed E-state index contributed by atoms with van der Waals surface area (Å²) in [7, 11) is 0. The number of halogens is 1. The van der Waals surface area contributed by atoms with Gasteiger partial charge in [-0.2, -0.15) is 4.99 Å². The average molecular weight is 389 g/mol. The highest BCUT2D eigenvalue weighted by Gasteiger charge is 2.13. The van der Waals surface area contributed by atoms with Crippen LogP contribution in [0.1, 0.15) is 22.8 Å². The number of hydrogen-bond donors (Lipinski definition) is 0. The van der Waals surface area contributed by atoms with Gasteiger partial charge < -0.3 is 9.30 Å². The highest BCUT2D eigenvalue weighted by Crippen LogP contribution is 2.22. The molecule has 3 rings (SSSR count). The van der Waals surface area contributed by atoms with Crippen molar-refractivity contribution in [3.63, 3.8) is 0 Å². The number of amides is 1. The summed E-state index contributed by atoms with van der Waals surface area (Å²) in [5, 5.41) is 0.582. The standard InChI is InChI=1S/C19H17ClN2O3S/c1-3-25-17(23)11-22-15-9-8-14(20)10-16(15)26-19(22)21-18(24)13-6-4-12(2)5-7-13/h4-10H,3,11H2,1-2H3. The third-order valence-corrected chi connectivity index (χ3v) is 5.01. The Kier molecular flexibility index (Phi) is 5.54. The number of esters is 1. The predicted molar refractivity (Wildman–Crippen MR) is 103 cm³/mol. The maximum absolute atomic E-state index is 12.5. The average Bonchev–Trinajstić information content (AvgIpc) is 2.92. The van der Waals surface area contributed by atoms with Crippen LogP contribution in [-0.4, -0.2) is 23.1 Å². The molecule has 7 heteroatoms. The predicted octanol–water partition coefficient (Wildman–Crippen LogP) is 3.97. The third kappa shape index (κ3) is 4.03. The topological polar surface area (TPSA) is 60.7 Å². The van der Waals surface area contributed by atoms with E-state index in [0.29, 0.717) is 22.0 Å². The quantitative estimate of drug-likeness (QED) is 0.635. The molecular formula is C19H17ClN2O3S. The Morgan fingerprint density at radius 1 is 1.19 bits per heavy atom. The molecule has 0 bridgehead atoms. The van der Waals surface area contributed by atoms with Crippen molar-refractivity contribution in [2.45, 2.75) is 20.4 Å². The van der Waals surface area contributed by atoms with Gasteiger partial charge in [0.05, 0.1) is 16.8 Å². The number of ether oxygens (including phenoxy) is 1. The smallest absolute Gasteiger partial charge is 0.326 e. The zero-order valence-electron chi connectivity index (χ0n) is 14.4. The Morgan fingerprint density at radius 3 is 2.62 bits per heavy atom. The molecule has 2 aromatic carbocycles. The van der Waals surface area contributed by atoms with Gasteiger partial charge in [-0.15, -0.1) is 0 Å². The van der Waals surface area contributed by atoms with Crippen LogP contribution in [0.4, 0.5) is 0 Å².